The number of urea groups is 1. The number of halogens is 3. The Morgan fingerprint density at radius 2 is 2.03 bits per heavy atom. The van der Waals surface area contributed by atoms with Crippen molar-refractivity contribution in [2.75, 3.05) is 11.9 Å². The molecule has 6 nitrogen and oxygen atoms in total. The lowest BCUT2D eigenvalue weighted by atomic mass is 9.97. The Kier molecular flexibility index (Phi) is 6.84. The minimum Gasteiger partial charge on any atom is -0.356 e. The highest BCUT2D eigenvalue weighted by atomic mass is 32.1. The Balaban J connectivity index is 1.76. The van der Waals surface area contributed by atoms with Gasteiger partial charge in [0.2, 0.25) is 5.91 Å². The van der Waals surface area contributed by atoms with Gasteiger partial charge in [-0.05, 0) is 43.4 Å². The van der Waals surface area contributed by atoms with Gasteiger partial charge in [-0.2, -0.15) is 13.2 Å². The molecular formula is C20H25F3N4O2S. The number of fused-ring (bicyclic) bond motifs is 1. The van der Waals surface area contributed by atoms with Gasteiger partial charge in [0.15, 0.2) is 11.0 Å². The van der Waals surface area contributed by atoms with Crippen molar-refractivity contribution in [1.82, 2.24) is 15.6 Å². The summed E-state index contributed by atoms with van der Waals surface area (Å²) in [6.07, 6.45) is -0.596. The molecule has 1 aliphatic carbocycles. The van der Waals surface area contributed by atoms with Gasteiger partial charge < -0.3 is 10.6 Å². The van der Waals surface area contributed by atoms with E-state index in [-0.39, 0.29) is 24.2 Å². The first-order valence-corrected chi connectivity index (χ1v) is 10.9. The number of hydrogen-bond donors (Lipinski definition) is 3. The van der Waals surface area contributed by atoms with Gasteiger partial charge in [0, 0.05) is 12.6 Å². The van der Waals surface area contributed by atoms with Crippen LogP contribution in [0.3, 0.4) is 0 Å². The maximum Gasteiger partial charge on any atom is 0.404 e. The van der Waals surface area contributed by atoms with Gasteiger partial charge in [0.1, 0.15) is 0 Å². The largest absolute Gasteiger partial charge is 0.404 e. The SMILES string of the molecule is CCNC(=O)C(c1ccc2nc(NC(=O)NC3CCCC3CC)sc2c1)C(F)(F)F. The second-order valence-electron chi connectivity index (χ2n) is 7.42. The number of nitrogens with one attached hydrogen (secondary N) is 3. The zero-order valence-corrected chi connectivity index (χ0v) is 17.6. The molecule has 1 heterocycles. The molecule has 164 valence electrons. The van der Waals surface area contributed by atoms with Crippen LogP contribution >= 0.6 is 11.3 Å². The summed E-state index contributed by atoms with van der Waals surface area (Å²) in [4.78, 5) is 28.6. The standard InChI is InChI=1S/C20H25F3N4O2S/c1-3-11-6-5-7-13(11)25-18(29)27-19-26-14-9-8-12(10-15(14)30-19)16(20(21,22)23)17(28)24-4-2/h8-11,13,16H,3-7H2,1-2H3,(H,24,28)(H2,25,26,27,29). The average molecular weight is 443 g/mol. The maximum absolute atomic E-state index is 13.5. The second-order valence-corrected chi connectivity index (χ2v) is 8.45. The lowest BCUT2D eigenvalue weighted by molar-refractivity contribution is -0.164. The normalized spacial score (nSPS) is 20.2. The van der Waals surface area contributed by atoms with Crippen molar-refractivity contribution in [3.05, 3.63) is 23.8 Å². The highest BCUT2D eigenvalue weighted by Gasteiger charge is 2.45. The number of amides is 3. The van der Waals surface area contributed by atoms with E-state index in [1.807, 2.05) is 0 Å². The Morgan fingerprint density at radius 1 is 1.27 bits per heavy atom. The molecule has 0 spiro atoms. The molecule has 0 radical (unpaired) electrons. The fourth-order valence-electron chi connectivity index (χ4n) is 3.96. The minimum atomic E-state index is -4.71. The minimum absolute atomic E-state index is 0.108. The molecule has 1 aliphatic rings. The summed E-state index contributed by atoms with van der Waals surface area (Å²) in [6, 6.07) is 3.76. The Labute approximate surface area is 176 Å². The van der Waals surface area contributed by atoms with E-state index < -0.39 is 18.0 Å². The van der Waals surface area contributed by atoms with Crippen molar-refractivity contribution in [2.45, 2.75) is 57.7 Å². The third-order valence-electron chi connectivity index (χ3n) is 5.41. The van der Waals surface area contributed by atoms with Crippen LogP contribution < -0.4 is 16.0 Å². The molecule has 1 fully saturated rings. The number of carbonyl (C=O) groups excluding carboxylic acids is 2. The summed E-state index contributed by atoms with van der Waals surface area (Å²) in [7, 11) is 0. The predicted octanol–water partition coefficient (Wildman–Crippen LogP) is 4.78. The summed E-state index contributed by atoms with van der Waals surface area (Å²) in [5, 5.41) is 8.18. The second kappa shape index (κ2) is 9.20. The first-order chi connectivity index (χ1) is 14.2. The van der Waals surface area contributed by atoms with Crippen LogP contribution in [0.4, 0.5) is 23.1 Å². The van der Waals surface area contributed by atoms with E-state index in [9.17, 15) is 22.8 Å². The van der Waals surface area contributed by atoms with Crippen molar-refractivity contribution in [2.24, 2.45) is 5.92 Å². The lowest BCUT2D eigenvalue weighted by Crippen LogP contribution is -2.39. The number of benzene rings is 1. The van der Waals surface area contributed by atoms with E-state index in [4.69, 9.17) is 0 Å². The van der Waals surface area contributed by atoms with Gasteiger partial charge in [-0.25, -0.2) is 9.78 Å². The molecule has 3 N–H and O–H groups in total. The summed E-state index contributed by atoms with van der Waals surface area (Å²) >= 11 is 1.08. The molecule has 0 saturated heterocycles. The quantitative estimate of drug-likeness (QED) is 0.602. The van der Waals surface area contributed by atoms with Crippen LogP contribution in [0.25, 0.3) is 10.2 Å². The number of alkyl halides is 3. The van der Waals surface area contributed by atoms with Crippen LogP contribution in [0.15, 0.2) is 18.2 Å². The van der Waals surface area contributed by atoms with Crippen molar-refractivity contribution < 1.29 is 22.8 Å². The van der Waals surface area contributed by atoms with Gasteiger partial charge >= 0.3 is 12.2 Å². The highest BCUT2D eigenvalue weighted by Crippen LogP contribution is 2.37. The van der Waals surface area contributed by atoms with Crippen LogP contribution in [-0.4, -0.2) is 35.7 Å². The van der Waals surface area contributed by atoms with Crippen LogP contribution in [0, 0.1) is 5.92 Å². The number of nitrogens with zero attached hydrogens (tertiary/aromatic N) is 1. The number of hydrogen-bond acceptors (Lipinski definition) is 4. The highest BCUT2D eigenvalue weighted by molar-refractivity contribution is 7.22. The van der Waals surface area contributed by atoms with Gasteiger partial charge in [-0.1, -0.05) is 37.2 Å². The molecule has 1 aromatic carbocycles. The number of carbonyl (C=O) groups is 2. The first-order valence-electron chi connectivity index (χ1n) is 10.0. The van der Waals surface area contributed by atoms with E-state index >= 15 is 0 Å². The molecule has 0 bridgehead atoms. The van der Waals surface area contributed by atoms with Crippen LogP contribution in [0.1, 0.15) is 51.0 Å². The van der Waals surface area contributed by atoms with Gasteiger partial charge in [0.25, 0.3) is 0 Å². The lowest BCUT2D eigenvalue weighted by Gasteiger charge is -2.19. The van der Waals surface area contributed by atoms with Crippen molar-refractivity contribution in [3.63, 3.8) is 0 Å². The Bertz CT molecular complexity index is 915. The number of rotatable bonds is 6. The van der Waals surface area contributed by atoms with E-state index in [1.165, 1.54) is 18.2 Å². The Hall–Kier alpha value is -2.36. The van der Waals surface area contributed by atoms with Gasteiger partial charge in [0.05, 0.1) is 10.2 Å². The van der Waals surface area contributed by atoms with E-state index in [0.29, 0.717) is 21.3 Å². The molecule has 3 rings (SSSR count). The van der Waals surface area contributed by atoms with E-state index in [0.717, 1.165) is 37.0 Å². The average Bonchev–Trinajstić information content (AvgIpc) is 3.26. The first kappa shape index (κ1) is 22.3. The number of anilines is 1. The third kappa shape index (κ3) is 5.03. The molecule has 1 saturated carbocycles. The number of aromatic nitrogens is 1. The van der Waals surface area contributed by atoms with Crippen LogP contribution in [0.2, 0.25) is 0 Å². The molecule has 3 unspecified atom stereocenters. The number of thiazole rings is 1. The van der Waals surface area contributed by atoms with Crippen molar-refractivity contribution in [1.29, 1.82) is 0 Å². The zero-order chi connectivity index (χ0) is 21.9. The molecule has 30 heavy (non-hydrogen) atoms. The summed E-state index contributed by atoms with van der Waals surface area (Å²) in [6.45, 7) is 3.77. The van der Waals surface area contributed by atoms with Gasteiger partial charge in [-0.3, -0.25) is 10.1 Å². The fourth-order valence-corrected chi connectivity index (χ4v) is 4.87. The van der Waals surface area contributed by atoms with Crippen LogP contribution in [-0.2, 0) is 4.79 Å². The molecule has 3 amide bonds. The molecular weight excluding hydrogens is 417 g/mol. The Morgan fingerprint density at radius 3 is 2.70 bits per heavy atom. The van der Waals surface area contributed by atoms with Crippen LogP contribution in [0.5, 0.6) is 0 Å². The van der Waals surface area contributed by atoms with E-state index in [2.05, 4.69) is 27.9 Å². The molecule has 0 aliphatic heterocycles. The van der Waals surface area contributed by atoms with Gasteiger partial charge in [-0.15, -0.1) is 0 Å². The molecule has 10 heteroatoms. The zero-order valence-electron chi connectivity index (χ0n) is 16.8. The van der Waals surface area contributed by atoms with Crippen molar-refractivity contribution >= 4 is 38.6 Å². The summed E-state index contributed by atoms with van der Waals surface area (Å²) in [5.41, 5.74) is 0.306. The predicted molar refractivity (Wildman–Crippen MR) is 111 cm³/mol. The number of likely N-dealkylation sites (N-methyl/N-ethyl adjacent to an activating group) is 1. The smallest absolute Gasteiger partial charge is 0.356 e. The molecule has 1 aromatic heterocycles. The van der Waals surface area contributed by atoms with Crippen molar-refractivity contribution in [3.8, 4) is 0 Å². The maximum atomic E-state index is 13.5. The fraction of sp³-hybridized carbons (Fsp3) is 0.550. The topological polar surface area (TPSA) is 83.1 Å². The third-order valence-corrected chi connectivity index (χ3v) is 6.34. The molecule has 3 atom stereocenters. The molecule has 2 aromatic rings. The summed E-state index contributed by atoms with van der Waals surface area (Å²) in [5.74, 6) is -2.88. The van der Waals surface area contributed by atoms with E-state index in [1.54, 1.807) is 6.92 Å². The summed E-state index contributed by atoms with van der Waals surface area (Å²) < 4.78 is 40.9. The monoisotopic (exact) mass is 442 g/mol.